The molecule has 1 aliphatic heterocycles. The fourth-order valence-electron chi connectivity index (χ4n) is 2.74. The first-order valence-electron chi connectivity index (χ1n) is 7.34. The summed E-state index contributed by atoms with van der Waals surface area (Å²) in [5.74, 6) is -3.98. The molecule has 2 N–H and O–H groups in total. The molecule has 1 atom stereocenters. The number of carbonyl (C=O) groups is 3. The molecule has 1 aliphatic rings. The number of benzene rings is 1. The summed E-state index contributed by atoms with van der Waals surface area (Å²) < 4.78 is 33.4. The summed E-state index contributed by atoms with van der Waals surface area (Å²) in [5, 5.41) is 12.9. The molecule has 11 nitrogen and oxygen atoms in total. The summed E-state index contributed by atoms with van der Waals surface area (Å²) in [6, 6.07) is 5.79. The maximum atomic E-state index is 11.9. The van der Waals surface area contributed by atoms with Crippen molar-refractivity contribution in [2.24, 2.45) is 5.11 Å². The van der Waals surface area contributed by atoms with E-state index in [2.05, 4.69) is 10.0 Å². The second-order valence-electron chi connectivity index (χ2n) is 5.54. The van der Waals surface area contributed by atoms with Gasteiger partial charge in [0.2, 0.25) is 11.8 Å². The minimum absolute atomic E-state index is 0.124. The van der Waals surface area contributed by atoms with E-state index in [4.69, 9.17) is 5.53 Å². The number of amides is 2. The topological polar surface area (TPSA) is 178 Å². The first-order chi connectivity index (χ1) is 12.1. The lowest BCUT2D eigenvalue weighted by atomic mass is 10.0. The second-order valence-corrected chi connectivity index (χ2v) is 7.17. The normalized spacial score (nSPS) is 16.9. The number of carboxylic acids is 1. The average molecular weight is 382 g/mol. The Morgan fingerprint density at radius 3 is 2.19 bits per heavy atom. The Kier molecular flexibility index (Phi) is 5.30. The van der Waals surface area contributed by atoms with Crippen molar-refractivity contribution in [1.29, 1.82) is 0 Å². The van der Waals surface area contributed by atoms with E-state index in [1.54, 1.807) is 0 Å². The van der Waals surface area contributed by atoms with E-state index in [9.17, 15) is 32.5 Å². The van der Waals surface area contributed by atoms with Crippen molar-refractivity contribution in [2.45, 2.75) is 30.6 Å². The van der Waals surface area contributed by atoms with Crippen LogP contribution in [0.2, 0.25) is 0 Å². The molecule has 0 aliphatic carbocycles. The van der Waals surface area contributed by atoms with Gasteiger partial charge in [-0.05, 0) is 17.5 Å². The summed E-state index contributed by atoms with van der Waals surface area (Å²) in [4.78, 5) is 35.3. The van der Waals surface area contributed by atoms with Gasteiger partial charge in [0.25, 0.3) is 4.87 Å². The van der Waals surface area contributed by atoms with E-state index in [0.717, 1.165) is 0 Å². The van der Waals surface area contributed by atoms with E-state index in [1.165, 1.54) is 24.3 Å². The van der Waals surface area contributed by atoms with Gasteiger partial charge in [-0.2, -0.15) is 8.42 Å². The standard InChI is InChI=1S/C14H14N4O7S/c15-17-16-10-3-1-9(2-4-10)7-8-14(13(21)22,26(23,24)25)18-11(19)5-6-12(18)20/h1-4H,5-8H2,(H,21,22)(H,23,24,25). The van der Waals surface area contributed by atoms with Gasteiger partial charge in [0.05, 0.1) is 0 Å². The van der Waals surface area contributed by atoms with Crippen LogP contribution in [0.25, 0.3) is 10.4 Å². The molecular formula is C14H14N4O7S. The average Bonchev–Trinajstić information content (AvgIpc) is 2.88. The van der Waals surface area contributed by atoms with Crippen molar-refractivity contribution in [2.75, 3.05) is 0 Å². The third kappa shape index (κ3) is 3.38. The number of carboxylic acid groups (broad SMARTS) is 1. The zero-order chi connectivity index (χ0) is 19.5. The molecule has 0 spiro atoms. The number of hydrogen-bond donors (Lipinski definition) is 2. The number of aryl methyl sites for hydroxylation is 1. The Morgan fingerprint density at radius 2 is 1.77 bits per heavy atom. The maximum Gasteiger partial charge on any atom is 0.348 e. The molecule has 138 valence electrons. The second kappa shape index (κ2) is 7.12. The summed E-state index contributed by atoms with van der Waals surface area (Å²) in [6.07, 6.45) is -1.58. The lowest BCUT2D eigenvalue weighted by Crippen LogP contribution is -2.61. The number of nitrogens with zero attached hydrogens (tertiary/aromatic N) is 4. The van der Waals surface area contributed by atoms with Gasteiger partial charge in [-0.3, -0.25) is 14.1 Å². The van der Waals surface area contributed by atoms with Crippen LogP contribution in [0.15, 0.2) is 29.4 Å². The number of azide groups is 1. The Bertz CT molecular complexity index is 890. The zero-order valence-corrected chi connectivity index (χ0v) is 14.1. The molecule has 0 bridgehead atoms. The Morgan fingerprint density at radius 1 is 1.23 bits per heavy atom. The predicted molar refractivity (Wildman–Crippen MR) is 86.6 cm³/mol. The number of imide groups is 1. The van der Waals surface area contributed by atoms with Crippen molar-refractivity contribution in [3.05, 3.63) is 40.3 Å². The van der Waals surface area contributed by atoms with Crippen LogP contribution in [0.1, 0.15) is 24.8 Å². The molecule has 1 heterocycles. The van der Waals surface area contributed by atoms with E-state index >= 15 is 0 Å². The highest BCUT2D eigenvalue weighted by Crippen LogP contribution is 2.33. The molecule has 1 saturated heterocycles. The van der Waals surface area contributed by atoms with Gasteiger partial charge in [0.1, 0.15) is 0 Å². The first-order valence-corrected chi connectivity index (χ1v) is 8.78. The quantitative estimate of drug-likeness (QED) is 0.235. The number of likely N-dealkylation sites (tertiary alicyclic amines) is 1. The molecule has 0 saturated carbocycles. The van der Waals surface area contributed by atoms with E-state index in [-0.39, 0.29) is 24.2 Å². The van der Waals surface area contributed by atoms with Crippen LogP contribution in [0.4, 0.5) is 5.69 Å². The van der Waals surface area contributed by atoms with Crippen LogP contribution in [-0.2, 0) is 30.9 Å². The Balaban J connectivity index is 2.42. The highest BCUT2D eigenvalue weighted by atomic mass is 32.2. The van der Waals surface area contributed by atoms with Gasteiger partial charge < -0.3 is 5.11 Å². The van der Waals surface area contributed by atoms with E-state index in [0.29, 0.717) is 11.3 Å². The molecule has 2 rings (SSSR count). The molecule has 1 fully saturated rings. The molecule has 0 radical (unpaired) electrons. The monoisotopic (exact) mass is 382 g/mol. The van der Waals surface area contributed by atoms with Gasteiger partial charge in [-0.15, -0.1) is 0 Å². The van der Waals surface area contributed by atoms with Crippen molar-refractivity contribution in [3.8, 4) is 0 Å². The van der Waals surface area contributed by atoms with Crippen LogP contribution >= 0.6 is 0 Å². The van der Waals surface area contributed by atoms with Gasteiger partial charge in [-0.1, -0.05) is 29.4 Å². The van der Waals surface area contributed by atoms with Crippen molar-refractivity contribution >= 4 is 33.6 Å². The third-order valence-electron chi connectivity index (χ3n) is 4.02. The van der Waals surface area contributed by atoms with Crippen molar-refractivity contribution in [3.63, 3.8) is 0 Å². The predicted octanol–water partition coefficient (Wildman–Crippen LogP) is 1.38. The largest absolute Gasteiger partial charge is 0.479 e. The molecule has 1 aromatic rings. The highest BCUT2D eigenvalue weighted by molar-refractivity contribution is 7.88. The van der Waals surface area contributed by atoms with E-state index in [1.807, 2.05) is 0 Å². The molecule has 2 amide bonds. The Hall–Kier alpha value is -2.95. The van der Waals surface area contributed by atoms with Gasteiger partial charge >= 0.3 is 16.1 Å². The minimum atomic E-state index is -5.34. The number of aliphatic carboxylic acids is 1. The molecular weight excluding hydrogens is 368 g/mol. The van der Waals surface area contributed by atoms with Crippen LogP contribution in [0, 0.1) is 0 Å². The fourth-order valence-corrected chi connectivity index (χ4v) is 3.76. The van der Waals surface area contributed by atoms with Crippen molar-refractivity contribution in [1.82, 2.24) is 4.90 Å². The van der Waals surface area contributed by atoms with Gasteiger partial charge in [-0.25, -0.2) is 9.69 Å². The summed E-state index contributed by atoms with van der Waals surface area (Å²) in [7, 11) is -5.34. The zero-order valence-electron chi connectivity index (χ0n) is 13.3. The van der Waals surface area contributed by atoms with Gasteiger partial charge in [0.15, 0.2) is 0 Å². The third-order valence-corrected chi connectivity index (χ3v) is 5.44. The molecule has 0 aromatic heterocycles. The van der Waals surface area contributed by atoms with Crippen LogP contribution in [0.5, 0.6) is 0 Å². The summed E-state index contributed by atoms with van der Waals surface area (Å²) >= 11 is 0. The summed E-state index contributed by atoms with van der Waals surface area (Å²) in [6.45, 7) is 0. The minimum Gasteiger partial charge on any atom is -0.479 e. The lowest BCUT2D eigenvalue weighted by molar-refractivity contribution is -0.157. The van der Waals surface area contributed by atoms with Crippen LogP contribution < -0.4 is 0 Å². The number of hydrogen-bond acceptors (Lipinski definition) is 6. The van der Waals surface area contributed by atoms with Crippen LogP contribution in [0.3, 0.4) is 0 Å². The molecule has 1 unspecified atom stereocenters. The van der Waals surface area contributed by atoms with Crippen LogP contribution in [-0.4, -0.2) is 45.6 Å². The number of rotatable bonds is 7. The van der Waals surface area contributed by atoms with Crippen molar-refractivity contribution < 1.29 is 32.5 Å². The highest BCUT2D eigenvalue weighted by Gasteiger charge is 2.60. The number of carbonyl (C=O) groups excluding carboxylic acids is 2. The van der Waals surface area contributed by atoms with Gasteiger partial charge in [0, 0.05) is 29.9 Å². The molecule has 26 heavy (non-hydrogen) atoms. The fraction of sp³-hybridized carbons (Fsp3) is 0.357. The molecule has 1 aromatic carbocycles. The molecule has 12 heteroatoms. The summed E-state index contributed by atoms with van der Waals surface area (Å²) in [5.41, 5.74) is 9.10. The SMILES string of the molecule is [N-]=[N+]=Nc1ccc(CCC(C(=O)O)(N2C(=O)CCC2=O)S(=O)(=O)O)cc1. The maximum absolute atomic E-state index is 11.9. The Labute approximate surface area is 147 Å². The lowest BCUT2D eigenvalue weighted by Gasteiger charge is -2.33. The first kappa shape index (κ1) is 19.4. The van der Waals surface area contributed by atoms with E-state index < -0.39 is 39.2 Å². The smallest absolute Gasteiger partial charge is 0.348 e.